The number of aliphatic carboxylic acids is 1. The van der Waals surface area contributed by atoms with Gasteiger partial charge in [-0.05, 0) is 6.42 Å². The van der Waals surface area contributed by atoms with Crippen LogP contribution < -0.4 is 0 Å². The monoisotopic (exact) mass is 372 g/mol. The fraction of sp³-hybridized carbons (Fsp3) is 0.850. The molecule has 0 bridgehead atoms. The number of carboxylic acids is 1. The van der Waals surface area contributed by atoms with E-state index >= 15 is 0 Å². The molecule has 0 rings (SSSR count). The fourth-order valence-corrected chi connectivity index (χ4v) is 2.58. The van der Waals surface area contributed by atoms with Crippen LogP contribution >= 0.6 is 0 Å². The van der Waals surface area contributed by atoms with Crippen molar-refractivity contribution in [2.75, 3.05) is 19.8 Å². The maximum Gasteiger partial charge on any atom is 0.372 e. The minimum atomic E-state index is -1.52. The lowest BCUT2D eigenvalue weighted by molar-refractivity contribution is -0.151. The summed E-state index contributed by atoms with van der Waals surface area (Å²) in [5.41, 5.74) is 0. The van der Waals surface area contributed by atoms with Crippen LogP contribution in [0.3, 0.4) is 0 Å². The van der Waals surface area contributed by atoms with E-state index < -0.39 is 17.7 Å². The van der Waals surface area contributed by atoms with Crippen LogP contribution in [0.1, 0.15) is 90.4 Å². The van der Waals surface area contributed by atoms with Crippen molar-refractivity contribution in [1.29, 1.82) is 0 Å². The number of carbonyl (C=O) groups excluding carboxylic acids is 2. The van der Waals surface area contributed by atoms with E-state index in [0.29, 0.717) is 13.2 Å². The van der Waals surface area contributed by atoms with Gasteiger partial charge in [-0.3, -0.25) is 9.59 Å². The molecule has 152 valence electrons. The van der Waals surface area contributed by atoms with Crippen molar-refractivity contribution in [3.8, 4) is 0 Å². The van der Waals surface area contributed by atoms with Gasteiger partial charge < -0.3 is 14.6 Å². The molecule has 0 aliphatic rings. The Balaban J connectivity index is 3.20. The first-order valence-electron chi connectivity index (χ1n) is 10.1. The Hall–Kier alpha value is -1.43. The molecule has 0 atom stereocenters. The molecular formula is C20H36O6. The van der Waals surface area contributed by atoms with E-state index in [1.54, 1.807) is 0 Å². The van der Waals surface area contributed by atoms with Crippen LogP contribution in [0.15, 0.2) is 0 Å². The molecule has 1 N–H and O–H groups in total. The molecule has 0 unspecified atom stereocenters. The summed E-state index contributed by atoms with van der Waals surface area (Å²) < 4.78 is 10.3. The van der Waals surface area contributed by atoms with Gasteiger partial charge >= 0.3 is 11.9 Å². The summed E-state index contributed by atoms with van der Waals surface area (Å²) in [6.07, 6.45) is 13.6. The lowest BCUT2D eigenvalue weighted by Crippen LogP contribution is -2.16. The number of carbonyl (C=O) groups is 3. The van der Waals surface area contributed by atoms with Gasteiger partial charge in [-0.1, -0.05) is 71.1 Å². The second kappa shape index (κ2) is 18.4. The minimum Gasteiger partial charge on any atom is -0.476 e. The zero-order valence-electron chi connectivity index (χ0n) is 16.3. The minimum absolute atomic E-state index is 0.137. The molecule has 0 saturated carbocycles. The number of rotatable bonds is 19. The van der Waals surface area contributed by atoms with Gasteiger partial charge in [0.15, 0.2) is 0 Å². The smallest absolute Gasteiger partial charge is 0.372 e. The molecule has 0 saturated heterocycles. The average molecular weight is 373 g/mol. The number of ketones is 1. The molecule has 0 aromatic rings. The summed E-state index contributed by atoms with van der Waals surface area (Å²) in [6.45, 7) is 3.37. The van der Waals surface area contributed by atoms with E-state index in [1.165, 1.54) is 57.8 Å². The number of hydrogen-bond donors (Lipinski definition) is 1. The van der Waals surface area contributed by atoms with Crippen LogP contribution in [0.4, 0.5) is 0 Å². The first-order valence-corrected chi connectivity index (χ1v) is 10.1. The second-order valence-corrected chi connectivity index (χ2v) is 6.60. The summed E-state index contributed by atoms with van der Waals surface area (Å²) >= 11 is 0. The lowest BCUT2D eigenvalue weighted by Gasteiger charge is -2.06. The number of ether oxygens (including phenoxy) is 2. The van der Waals surface area contributed by atoms with Gasteiger partial charge in [0.2, 0.25) is 5.78 Å². The number of esters is 1. The Morgan fingerprint density at radius 1 is 0.692 bits per heavy atom. The third-order valence-electron chi connectivity index (χ3n) is 4.18. The zero-order chi connectivity index (χ0) is 19.5. The molecule has 0 heterocycles. The SMILES string of the molecule is CCCCCCCCCCCCCOCCOC(=O)CCC(=O)C(=O)O. The topological polar surface area (TPSA) is 89.9 Å². The van der Waals surface area contributed by atoms with Gasteiger partial charge in [-0.25, -0.2) is 4.79 Å². The van der Waals surface area contributed by atoms with Gasteiger partial charge in [-0.2, -0.15) is 0 Å². The molecule has 0 fully saturated rings. The summed E-state index contributed by atoms with van der Waals surface area (Å²) in [7, 11) is 0. The van der Waals surface area contributed by atoms with Crippen LogP contribution in [0.2, 0.25) is 0 Å². The van der Waals surface area contributed by atoms with Gasteiger partial charge in [0.05, 0.1) is 13.0 Å². The molecule has 0 aliphatic carbocycles. The Bertz CT molecular complexity index is 380. The van der Waals surface area contributed by atoms with Gasteiger partial charge in [0.1, 0.15) is 6.61 Å². The number of hydrogen-bond acceptors (Lipinski definition) is 5. The third-order valence-corrected chi connectivity index (χ3v) is 4.18. The Kier molecular flexibility index (Phi) is 17.4. The largest absolute Gasteiger partial charge is 0.476 e. The van der Waals surface area contributed by atoms with E-state index in [1.807, 2.05) is 0 Å². The average Bonchev–Trinajstić information content (AvgIpc) is 2.62. The molecular weight excluding hydrogens is 336 g/mol. The predicted molar refractivity (Wildman–Crippen MR) is 100 cm³/mol. The van der Waals surface area contributed by atoms with Crippen LogP contribution in [0.5, 0.6) is 0 Å². The summed E-state index contributed by atoms with van der Waals surface area (Å²) in [6, 6.07) is 0. The van der Waals surface area contributed by atoms with Gasteiger partial charge in [0, 0.05) is 13.0 Å². The first-order chi connectivity index (χ1) is 12.6. The van der Waals surface area contributed by atoms with Crippen molar-refractivity contribution < 1.29 is 29.0 Å². The Morgan fingerprint density at radius 2 is 1.23 bits per heavy atom. The van der Waals surface area contributed by atoms with Gasteiger partial charge in [0.25, 0.3) is 0 Å². The summed E-state index contributed by atoms with van der Waals surface area (Å²) in [5, 5.41) is 8.39. The van der Waals surface area contributed by atoms with Crippen LogP contribution in [0, 0.1) is 0 Å². The molecule has 6 nitrogen and oxygen atoms in total. The quantitative estimate of drug-likeness (QED) is 0.207. The van der Waals surface area contributed by atoms with Crippen molar-refractivity contribution in [3.05, 3.63) is 0 Å². The third kappa shape index (κ3) is 17.4. The Labute approximate surface area is 157 Å². The number of carboxylic acid groups (broad SMARTS) is 1. The lowest BCUT2D eigenvalue weighted by atomic mass is 10.1. The summed E-state index contributed by atoms with van der Waals surface area (Å²) in [4.78, 5) is 32.4. The van der Waals surface area contributed by atoms with E-state index in [2.05, 4.69) is 6.92 Å². The molecule has 0 aromatic carbocycles. The molecule has 0 amide bonds. The first kappa shape index (κ1) is 24.6. The highest BCUT2D eigenvalue weighted by atomic mass is 16.6. The number of Topliss-reactive ketones (excluding diaryl/α,β-unsaturated/α-hetero) is 1. The highest BCUT2D eigenvalue weighted by Gasteiger charge is 2.13. The summed E-state index contributed by atoms with van der Waals surface area (Å²) in [5.74, 6) is -3.07. The predicted octanol–water partition coefficient (Wildman–Crippen LogP) is 4.29. The highest BCUT2D eigenvalue weighted by molar-refractivity contribution is 6.32. The van der Waals surface area contributed by atoms with Crippen molar-refractivity contribution >= 4 is 17.7 Å². The molecule has 0 radical (unpaired) electrons. The Morgan fingerprint density at radius 3 is 1.77 bits per heavy atom. The standard InChI is InChI=1S/C20H36O6/c1-2-3-4-5-6-7-8-9-10-11-12-15-25-16-17-26-19(22)14-13-18(21)20(23)24/h2-17H2,1H3,(H,23,24). The highest BCUT2D eigenvalue weighted by Crippen LogP contribution is 2.11. The maximum atomic E-state index is 11.3. The van der Waals surface area contributed by atoms with Crippen molar-refractivity contribution in [3.63, 3.8) is 0 Å². The van der Waals surface area contributed by atoms with Crippen LogP contribution in [0.25, 0.3) is 0 Å². The van der Waals surface area contributed by atoms with Crippen LogP contribution in [-0.4, -0.2) is 42.6 Å². The van der Waals surface area contributed by atoms with E-state index in [9.17, 15) is 14.4 Å². The fourth-order valence-electron chi connectivity index (χ4n) is 2.58. The van der Waals surface area contributed by atoms with E-state index in [4.69, 9.17) is 14.6 Å². The molecule has 0 spiro atoms. The molecule has 26 heavy (non-hydrogen) atoms. The van der Waals surface area contributed by atoms with Crippen molar-refractivity contribution in [2.45, 2.75) is 90.4 Å². The zero-order valence-corrected chi connectivity index (χ0v) is 16.3. The van der Waals surface area contributed by atoms with E-state index in [0.717, 1.165) is 12.8 Å². The van der Waals surface area contributed by atoms with Crippen molar-refractivity contribution in [1.82, 2.24) is 0 Å². The van der Waals surface area contributed by atoms with Crippen molar-refractivity contribution in [2.24, 2.45) is 0 Å². The second-order valence-electron chi connectivity index (χ2n) is 6.60. The number of unbranched alkanes of at least 4 members (excludes halogenated alkanes) is 10. The molecule has 0 aliphatic heterocycles. The van der Waals surface area contributed by atoms with Gasteiger partial charge in [-0.15, -0.1) is 0 Å². The van der Waals surface area contributed by atoms with E-state index in [-0.39, 0.29) is 19.4 Å². The maximum absolute atomic E-state index is 11.3. The molecule has 0 aromatic heterocycles. The normalized spacial score (nSPS) is 10.7. The molecule has 6 heteroatoms. The van der Waals surface area contributed by atoms with Crippen LogP contribution in [-0.2, 0) is 23.9 Å².